The molecule has 1 spiro atoms. The number of hydrogen-bond donors (Lipinski definition) is 1. The summed E-state index contributed by atoms with van der Waals surface area (Å²) in [7, 11) is 0. The number of nitrogens with zero attached hydrogens (tertiary/aromatic N) is 3. The smallest absolute Gasteiger partial charge is 0.0699 e. The van der Waals surface area contributed by atoms with Gasteiger partial charge in [-0.15, -0.1) is 12.4 Å². The van der Waals surface area contributed by atoms with E-state index < -0.39 is 0 Å². The van der Waals surface area contributed by atoms with Gasteiger partial charge in [0.15, 0.2) is 0 Å². The summed E-state index contributed by atoms with van der Waals surface area (Å²) in [6.45, 7) is 10.4. The van der Waals surface area contributed by atoms with Crippen LogP contribution in [0.2, 0.25) is 0 Å². The fraction of sp³-hybridized carbons (Fsp3) is 0.571. The number of para-hydroxylation sites is 1. The first kappa shape index (κ1) is 19.4. The molecule has 0 radical (unpaired) electrons. The standard InChI is InChI=1S/C21H30N4.ClH/c1-17(2)20-18(15-25(23-20)19-6-4-3-5-7-19)14-24-13-10-21(16-24)8-11-22-12-9-21;/h3-7,15,17,22H,8-14,16H2,1-2H3;1H. The van der Waals surface area contributed by atoms with E-state index >= 15 is 0 Å². The molecule has 0 bridgehead atoms. The fourth-order valence-electron chi connectivity index (χ4n) is 4.51. The van der Waals surface area contributed by atoms with Gasteiger partial charge < -0.3 is 5.32 Å². The molecule has 2 saturated heterocycles. The topological polar surface area (TPSA) is 33.1 Å². The molecule has 3 heterocycles. The second-order valence-electron chi connectivity index (χ2n) is 8.19. The van der Waals surface area contributed by atoms with E-state index in [1.165, 1.54) is 56.7 Å². The van der Waals surface area contributed by atoms with E-state index in [9.17, 15) is 0 Å². The molecule has 142 valence electrons. The Hall–Kier alpha value is -1.36. The predicted molar refractivity (Wildman–Crippen MR) is 109 cm³/mol. The third kappa shape index (κ3) is 3.98. The third-order valence-electron chi connectivity index (χ3n) is 5.97. The average molecular weight is 375 g/mol. The molecule has 0 amide bonds. The van der Waals surface area contributed by atoms with Crippen LogP contribution < -0.4 is 5.32 Å². The largest absolute Gasteiger partial charge is 0.317 e. The predicted octanol–water partition coefficient (Wildman–Crippen LogP) is 3.99. The lowest BCUT2D eigenvalue weighted by Gasteiger charge is -2.33. The first-order valence-electron chi connectivity index (χ1n) is 9.72. The minimum atomic E-state index is 0. The molecule has 1 aromatic heterocycles. The Kier molecular flexibility index (Phi) is 6.06. The molecule has 4 nitrogen and oxygen atoms in total. The van der Waals surface area contributed by atoms with Crippen LogP contribution in [0.4, 0.5) is 0 Å². The van der Waals surface area contributed by atoms with Gasteiger partial charge in [-0.05, 0) is 62.4 Å². The second kappa shape index (κ2) is 8.12. The highest BCUT2D eigenvalue weighted by molar-refractivity contribution is 5.85. The van der Waals surface area contributed by atoms with E-state index in [0.717, 1.165) is 12.2 Å². The number of rotatable bonds is 4. The molecule has 0 unspecified atom stereocenters. The molecule has 0 aliphatic carbocycles. The minimum absolute atomic E-state index is 0. The first-order chi connectivity index (χ1) is 12.2. The van der Waals surface area contributed by atoms with Gasteiger partial charge in [0.2, 0.25) is 0 Å². The van der Waals surface area contributed by atoms with Crippen LogP contribution in [-0.2, 0) is 6.54 Å². The number of nitrogens with one attached hydrogen (secondary N) is 1. The molecule has 2 aliphatic rings. The summed E-state index contributed by atoms with van der Waals surface area (Å²) in [5, 5.41) is 8.42. The van der Waals surface area contributed by atoms with Gasteiger partial charge in [-0.1, -0.05) is 32.0 Å². The molecule has 0 atom stereocenters. The molecular formula is C21H31ClN4. The van der Waals surface area contributed by atoms with Crippen molar-refractivity contribution in [3.05, 3.63) is 47.8 Å². The van der Waals surface area contributed by atoms with Crippen LogP contribution in [0.1, 0.15) is 50.3 Å². The Labute approximate surface area is 163 Å². The molecule has 2 aliphatic heterocycles. The molecule has 0 saturated carbocycles. The summed E-state index contributed by atoms with van der Waals surface area (Å²) < 4.78 is 2.06. The van der Waals surface area contributed by atoms with Crippen molar-refractivity contribution in [2.45, 2.75) is 45.6 Å². The average Bonchev–Trinajstić information content (AvgIpc) is 3.22. The van der Waals surface area contributed by atoms with Crippen molar-refractivity contribution in [1.82, 2.24) is 20.0 Å². The van der Waals surface area contributed by atoms with Crippen molar-refractivity contribution in [3.63, 3.8) is 0 Å². The van der Waals surface area contributed by atoms with Crippen LogP contribution >= 0.6 is 12.4 Å². The van der Waals surface area contributed by atoms with Gasteiger partial charge in [0.1, 0.15) is 0 Å². The monoisotopic (exact) mass is 374 g/mol. The van der Waals surface area contributed by atoms with Gasteiger partial charge in [0.25, 0.3) is 0 Å². The molecule has 2 aromatic rings. The summed E-state index contributed by atoms with van der Waals surface area (Å²) in [5.41, 5.74) is 4.35. The number of halogens is 1. The minimum Gasteiger partial charge on any atom is -0.317 e. The molecule has 1 N–H and O–H groups in total. The van der Waals surface area contributed by atoms with Crippen LogP contribution in [0.3, 0.4) is 0 Å². The number of hydrogen-bond acceptors (Lipinski definition) is 3. The van der Waals surface area contributed by atoms with Gasteiger partial charge in [-0.2, -0.15) is 5.10 Å². The lowest BCUT2D eigenvalue weighted by atomic mass is 9.78. The van der Waals surface area contributed by atoms with Crippen molar-refractivity contribution in [3.8, 4) is 5.69 Å². The highest BCUT2D eigenvalue weighted by Gasteiger charge is 2.38. The second-order valence-corrected chi connectivity index (χ2v) is 8.19. The van der Waals surface area contributed by atoms with E-state index in [1.807, 2.05) is 0 Å². The van der Waals surface area contributed by atoms with Gasteiger partial charge in [-0.3, -0.25) is 4.90 Å². The number of aromatic nitrogens is 2. The zero-order chi connectivity index (χ0) is 17.3. The van der Waals surface area contributed by atoms with E-state index in [1.54, 1.807) is 0 Å². The Morgan fingerprint density at radius 1 is 1.12 bits per heavy atom. The molecular weight excluding hydrogens is 344 g/mol. The first-order valence-corrected chi connectivity index (χ1v) is 9.72. The molecule has 5 heteroatoms. The zero-order valence-corrected chi connectivity index (χ0v) is 16.8. The van der Waals surface area contributed by atoms with Crippen molar-refractivity contribution >= 4 is 12.4 Å². The highest BCUT2D eigenvalue weighted by Crippen LogP contribution is 2.39. The van der Waals surface area contributed by atoms with Crippen molar-refractivity contribution in [2.75, 3.05) is 26.2 Å². The van der Waals surface area contributed by atoms with E-state index in [4.69, 9.17) is 5.10 Å². The summed E-state index contributed by atoms with van der Waals surface area (Å²) in [4.78, 5) is 2.66. The maximum Gasteiger partial charge on any atom is 0.0699 e. The van der Waals surface area contributed by atoms with Crippen LogP contribution in [0.25, 0.3) is 5.69 Å². The van der Waals surface area contributed by atoms with Crippen molar-refractivity contribution < 1.29 is 0 Å². The number of piperidine rings is 1. The van der Waals surface area contributed by atoms with Gasteiger partial charge >= 0.3 is 0 Å². The number of likely N-dealkylation sites (tertiary alicyclic amines) is 1. The lowest BCUT2D eigenvalue weighted by molar-refractivity contribution is 0.194. The van der Waals surface area contributed by atoms with Crippen molar-refractivity contribution in [2.24, 2.45) is 5.41 Å². The van der Waals surface area contributed by atoms with Crippen LogP contribution in [0, 0.1) is 5.41 Å². The molecule has 2 fully saturated rings. The Morgan fingerprint density at radius 2 is 1.85 bits per heavy atom. The van der Waals surface area contributed by atoms with E-state index in [2.05, 4.69) is 65.3 Å². The van der Waals surface area contributed by atoms with E-state index in [-0.39, 0.29) is 12.4 Å². The molecule has 4 rings (SSSR count). The summed E-state index contributed by atoms with van der Waals surface area (Å²) in [6.07, 6.45) is 6.28. The van der Waals surface area contributed by atoms with E-state index in [0.29, 0.717) is 11.3 Å². The SMILES string of the molecule is CC(C)c1nn(-c2ccccc2)cc1CN1CCC2(CCNCC2)C1.Cl. The van der Waals surface area contributed by atoms with Crippen molar-refractivity contribution in [1.29, 1.82) is 0 Å². The fourth-order valence-corrected chi connectivity index (χ4v) is 4.51. The Morgan fingerprint density at radius 3 is 2.54 bits per heavy atom. The summed E-state index contributed by atoms with van der Waals surface area (Å²) >= 11 is 0. The molecule has 1 aromatic carbocycles. The summed E-state index contributed by atoms with van der Waals surface area (Å²) in [5.74, 6) is 0.454. The van der Waals surface area contributed by atoms with Crippen LogP contribution in [0.5, 0.6) is 0 Å². The van der Waals surface area contributed by atoms with Gasteiger partial charge in [-0.25, -0.2) is 4.68 Å². The normalized spacial score (nSPS) is 19.8. The number of benzene rings is 1. The Bertz CT molecular complexity index is 704. The zero-order valence-electron chi connectivity index (χ0n) is 15.9. The summed E-state index contributed by atoms with van der Waals surface area (Å²) in [6, 6.07) is 10.5. The van der Waals surface area contributed by atoms with Crippen LogP contribution in [-0.4, -0.2) is 40.9 Å². The third-order valence-corrected chi connectivity index (χ3v) is 5.97. The quantitative estimate of drug-likeness (QED) is 0.878. The molecule has 26 heavy (non-hydrogen) atoms. The highest BCUT2D eigenvalue weighted by atomic mass is 35.5. The Balaban J connectivity index is 0.00000196. The van der Waals surface area contributed by atoms with Gasteiger partial charge in [0, 0.05) is 24.8 Å². The maximum absolute atomic E-state index is 4.91. The van der Waals surface area contributed by atoms with Crippen LogP contribution in [0.15, 0.2) is 36.5 Å². The van der Waals surface area contributed by atoms with Gasteiger partial charge in [0.05, 0.1) is 11.4 Å². The maximum atomic E-state index is 4.91. The lowest BCUT2D eigenvalue weighted by Crippen LogP contribution is -2.38.